The third kappa shape index (κ3) is 5.36. The second kappa shape index (κ2) is 8.07. The molecule has 3 atom stereocenters. The lowest BCUT2D eigenvalue weighted by atomic mass is 9.96. The summed E-state index contributed by atoms with van der Waals surface area (Å²) in [7, 11) is -2.81. The molecule has 0 radical (unpaired) electrons. The molecule has 3 unspecified atom stereocenters. The monoisotopic (exact) mass is 355 g/mol. The molecule has 24 heavy (non-hydrogen) atoms. The van der Waals surface area contributed by atoms with E-state index in [9.17, 15) is 8.42 Å². The number of sulfone groups is 1. The van der Waals surface area contributed by atoms with Gasteiger partial charge in [0.05, 0.1) is 11.5 Å². The zero-order valence-electron chi connectivity index (χ0n) is 15.0. The van der Waals surface area contributed by atoms with Crippen molar-refractivity contribution in [1.29, 1.82) is 0 Å². The maximum absolute atomic E-state index is 11.6. The van der Waals surface area contributed by atoms with Crippen LogP contribution < -0.4 is 10.6 Å². The number of nitrogens with zero attached hydrogens (tertiary/aromatic N) is 1. The topological polar surface area (TPSA) is 70.6 Å². The highest BCUT2D eigenvalue weighted by Gasteiger charge is 2.28. The zero-order valence-corrected chi connectivity index (χ0v) is 15.8. The Bertz CT molecular complexity index is 532. The summed E-state index contributed by atoms with van der Waals surface area (Å²) in [5, 5.41) is 7.26. The smallest absolute Gasteiger partial charge is 0.191 e. The first-order chi connectivity index (χ1) is 11.5. The molecule has 1 saturated heterocycles. The SMILES string of the molecule is CC1CCC(NC(=NCC2CCS(=O)(=O)C2)NC2CCCCC2)C1. The van der Waals surface area contributed by atoms with Crippen LogP contribution in [-0.2, 0) is 9.84 Å². The Kier molecular flexibility index (Phi) is 6.06. The van der Waals surface area contributed by atoms with Crippen LogP contribution in [0.15, 0.2) is 4.99 Å². The van der Waals surface area contributed by atoms with Gasteiger partial charge in [-0.2, -0.15) is 0 Å². The second-order valence-corrected chi connectivity index (χ2v) is 10.4. The first kappa shape index (κ1) is 18.0. The Morgan fingerprint density at radius 2 is 1.75 bits per heavy atom. The number of hydrogen-bond acceptors (Lipinski definition) is 3. The van der Waals surface area contributed by atoms with E-state index in [-0.39, 0.29) is 5.92 Å². The van der Waals surface area contributed by atoms with Crippen LogP contribution in [0.25, 0.3) is 0 Å². The average molecular weight is 356 g/mol. The molecule has 0 aromatic rings. The van der Waals surface area contributed by atoms with Gasteiger partial charge >= 0.3 is 0 Å². The molecule has 1 aliphatic heterocycles. The standard InChI is InChI=1S/C18H33N3O2S/c1-14-7-8-17(11-14)21-18(20-16-5-3-2-4-6-16)19-12-15-9-10-24(22,23)13-15/h14-17H,2-13H2,1H3,(H2,19,20,21). The van der Waals surface area contributed by atoms with Gasteiger partial charge in [0.25, 0.3) is 0 Å². The van der Waals surface area contributed by atoms with E-state index in [1.54, 1.807) is 0 Å². The minimum absolute atomic E-state index is 0.197. The third-order valence-corrected chi connectivity index (χ3v) is 7.65. The molecular formula is C18H33N3O2S. The predicted octanol–water partition coefficient (Wildman–Crippen LogP) is 2.48. The number of guanidine groups is 1. The highest BCUT2D eigenvalue weighted by molar-refractivity contribution is 7.91. The van der Waals surface area contributed by atoms with Crippen molar-refractivity contribution in [3.05, 3.63) is 0 Å². The van der Waals surface area contributed by atoms with Gasteiger partial charge in [-0.3, -0.25) is 4.99 Å². The Hall–Kier alpha value is -0.780. The largest absolute Gasteiger partial charge is 0.354 e. The fourth-order valence-corrected chi connectivity index (χ4v) is 6.19. The predicted molar refractivity (Wildman–Crippen MR) is 99.0 cm³/mol. The van der Waals surface area contributed by atoms with Crippen LogP contribution in [0.4, 0.5) is 0 Å². The summed E-state index contributed by atoms with van der Waals surface area (Å²) in [6, 6.07) is 1.04. The van der Waals surface area contributed by atoms with Crippen LogP contribution in [0, 0.1) is 11.8 Å². The molecule has 6 heteroatoms. The van der Waals surface area contributed by atoms with Crippen LogP contribution in [0.5, 0.6) is 0 Å². The van der Waals surface area contributed by atoms with Gasteiger partial charge in [0.2, 0.25) is 0 Å². The summed E-state index contributed by atoms with van der Waals surface area (Å²) in [6.07, 6.45) is 10.9. The molecule has 1 heterocycles. The van der Waals surface area contributed by atoms with Gasteiger partial charge in [-0.25, -0.2) is 8.42 Å². The first-order valence-electron chi connectivity index (χ1n) is 9.78. The molecule has 5 nitrogen and oxygen atoms in total. The highest BCUT2D eigenvalue weighted by atomic mass is 32.2. The summed E-state index contributed by atoms with van der Waals surface area (Å²) < 4.78 is 23.3. The molecule has 0 aromatic heterocycles. The normalized spacial score (nSPS) is 34.4. The van der Waals surface area contributed by atoms with Gasteiger partial charge in [-0.05, 0) is 50.4 Å². The summed E-state index contributed by atoms with van der Waals surface area (Å²) in [4.78, 5) is 4.78. The van der Waals surface area contributed by atoms with Gasteiger partial charge in [0, 0.05) is 18.6 Å². The molecule has 3 fully saturated rings. The van der Waals surface area contributed by atoms with Gasteiger partial charge in [0.1, 0.15) is 0 Å². The van der Waals surface area contributed by atoms with Crippen LogP contribution >= 0.6 is 0 Å². The minimum Gasteiger partial charge on any atom is -0.354 e. The zero-order chi connectivity index (χ0) is 17.0. The van der Waals surface area contributed by atoms with Crippen molar-refractivity contribution in [2.75, 3.05) is 18.1 Å². The van der Waals surface area contributed by atoms with Gasteiger partial charge in [-0.15, -0.1) is 0 Å². The minimum atomic E-state index is -2.81. The molecule has 0 spiro atoms. The highest BCUT2D eigenvalue weighted by Crippen LogP contribution is 2.25. The molecule has 3 rings (SSSR count). The molecule has 3 aliphatic rings. The maximum Gasteiger partial charge on any atom is 0.191 e. The number of rotatable bonds is 4. The molecule has 0 bridgehead atoms. The van der Waals surface area contributed by atoms with Crippen molar-refractivity contribution in [2.24, 2.45) is 16.8 Å². The average Bonchev–Trinajstić information content (AvgIpc) is 3.11. The third-order valence-electron chi connectivity index (χ3n) is 5.82. The summed E-state index contributed by atoms with van der Waals surface area (Å²) in [5.74, 6) is 2.56. The lowest BCUT2D eigenvalue weighted by Gasteiger charge is -2.27. The molecule has 2 aliphatic carbocycles. The molecule has 0 amide bonds. The van der Waals surface area contributed by atoms with Crippen molar-refractivity contribution in [2.45, 2.75) is 76.8 Å². The fourth-order valence-electron chi connectivity index (χ4n) is 4.34. The molecule has 138 valence electrons. The lowest BCUT2D eigenvalue weighted by molar-refractivity contribution is 0.406. The van der Waals surface area contributed by atoms with Crippen molar-refractivity contribution in [3.8, 4) is 0 Å². The molecule has 2 saturated carbocycles. The maximum atomic E-state index is 11.6. The van der Waals surface area contributed by atoms with Crippen molar-refractivity contribution in [3.63, 3.8) is 0 Å². The molecular weight excluding hydrogens is 322 g/mol. The van der Waals surface area contributed by atoms with Crippen molar-refractivity contribution in [1.82, 2.24) is 10.6 Å². The van der Waals surface area contributed by atoms with Crippen LogP contribution in [-0.4, -0.2) is 44.5 Å². The quantitative estimate of drug-likeness (QED) is 0.600. The second-order valence-electron chi connectivity index (χ2n) is 8.20. The Morgan fingerprint density at radius 1 is 1.00 bits per heavy atom. The van der Waals surface area contributed by atoms with Gasteiger partial charge < -0.3 is 10.6 Å². The fraction of sp³-hybridized carbons (Fsp3) is 0.944. The lowest BCUT2D eigenvalue weighted by Crippen LogP contribution is -2.47. The van der Waals surface area contributed by atoms with Gasteiger partial charge in [-0.1, -0.05) is 26.2 Å². The Labute approximate surface area is 147 Å². The van der Waals surface area contributed by atoms with E-state index in [0.29, 0.717) is 30.1 Å². The van der Waals surface area contributed by atoms with E-state index < -0.39 is 9.84 Å². The van der Waals surface area contributed by atoms with E-state index in [2.05, 4.69) is 17.6 Å². The molecule has 2 N–H and O–H groups in total. The Morgan fingerprint density at radius 3 is 2.38 bits per heavy atom. The summed E-state index contributed by atoms with van der Waals surface area (Å²) in [5.41, 5.74) is 0. The van der Waals surface area contributed by atoms with E-state index in [0.717, 1.165) is 18.3 Å². The van der Waals surface area contributed by atoms with Crippen LogP contribution in [0.1, 0.15) is 64.7 Å². The van der Waals surface area contributed by atoms with Gasteiger partial charge in [0.15, 0.2) is 15.8 Å². The van der Waals surface area contributed by atoms with E-state index in [4.69, 9.17) is 4.99 Å². The Balaban J connectivity index is 1.58. The number of aliphatic imine (C=N–C) groups is 1. The number of nitrogens with one attached hydrogen (secondary N) is 2. The van der Waals surface area contributed by atoms with Crippen LogP contribution in [0.3, 0.4) is 0 Å². The molecule has 0 aromatic carbocycles. The summed E-state index contributed by atoms with van der Waals surface area (Å²) in [6.45, 7) is 2.94. The first-order valence-corrected chi connectivity index (χ1v) is 11.6. The van der Waals surface area contributed by atoms with Crippen molar-refractivity contribution < 1.29 is 8.42 Å². The van der Waals surface area contributed by atoms with Crippen LogP contribution in [0.2, 0.25) is 0 Å². The van der Waals surface area contributed by atoms with E-state index >= 15 is 0 Å². The van der Waals surface area contributed by atoms with E-state index in [1.165, 1.54) is 51.4 Å². The van der Waals surface area contributed by atoms with E-state index in [1.807, 2.05) is 0 Å². The van der Waals surface area contributed by atoms with Crippen molar-refractivity contribution >= 4 is 15.8 Å². The summed E-state index contributed by atoms with van der Waals surface area (Å²) >= 11 is 0. The number of hydrogen-bond donors (Lipinski definition) is 2.